The zero-order valence-electron chi connectivity index (χ0n) is 9.39. The number of benzene rings is 1. The van der Waals surface area contributed by atoms with Crippen molar-refractivity contribution in [2.24, 2.45) is 0 Å². The van der Waals surface area contributed by atoms with Gasteiger partial charge in [0.2, 0.25) is 0 Å². The van der Waals surface area contributed by atoms with Gasteiger partial charge in [-0.05, 0) is 37.0 Å². The second-order valence-electron chi connectivity index (χ2n) is 4.51. The fourth-order valence-electron chi connectivity index (χ4n) is 2.55. The van der Waals surface area contributed by atoms with Crippen LogP contribution < -0.4 is 0 Å². The van der Waals surface area contributed by atoms with Gasteiger partial charge in [-0.2, -0.15) is 0 Å². The van der Waals surface area contributed by atoms with Gasteiger partial charge in [-0.3, -0.25) is 9.78 Å². The minimum absolute atomic E-state index is 0.427. The molecule has 1 N–H and O–H groups in total. The topological polar surface area (TPSA) is 50.2 Å². The Kier molecular flexibility index (Phi) is 2.32. The lowest BCUT2D eigenvalue weighted by atomic mass is 9.86. The molecule has 1 aliphatic carbocycles. The van der Waals surface area contributed by atoms with E-state index in [1.54, 1.807) is 0 Å². The van der Waals surface area contributed by atoms with E-state index in [4.69, 9.17) is 0 Å². The second kappa shape index (κ2) is 3.84. The van der Waals surface area contributed by atoms with E-state index >= 15 is 0 Å². The molecule has 0 aliphatic heterocycles. The highest BCUT2D eigenvalue weighted by Gasteiger charge is 2.27. The average molecular weight is 227 g/mol. The Balaban J connectivity index is 2.22. The first-order chi connectivity index (χ1) is 8.25. The first-order valence-corrected chi connectivity index (χ1v) is 5.87. The van der Waals surface area contributed by atoms with Gasteiger partial charge in [0.15, 0.2) is 0 Å². The molecule has 0 saturated heterocycles. The number of carboxylic acids is 1. The molecule has 0 amide bonds. The maximum atomic E-state index is 11.2. The molecule has 1 aromatic carbocycles. The number of fused-ring (bicyclic) bond motifs is 2. The van der Waals surface area contributed by atoms with Crippen molar-refractivity contribution in [3.05, 3.63) is 41.6 Å². The number of pyridine rings is 1. The van der Waals surface area contributed by atoms with Gasteiger partial charge >= 0.3 is 5.97 Å². The van der Waals surface area contributed by atoms with Crippen LogP contribution >= 0.6 is 0 Å². The molecule has 1 aliphatic rings. The molecule has 0 saturated carbocycles. The van der Waals surface area contributed by atoms with Crippen LogP contribution in [0.2, 0.25) is 0 Å². The number of aliphatic carboxylic acids is 1. The number of aromatic nitrogens is 1. The molecule has 17 heavy (non-hydrogen) atoms. The fraction of sp³-hybridized carbons (Fsp3) is 0.286. The van der Waals surface area contributed by atoms with Crippen molar-refractivity contribution in [2.45, 2.75) is 25.2 Å². The van der Waals surface area contributed by atoms with Gasteiger partial charge in [0, 0.05) is 5.39 Å². The van der Waals surface area contributed by atoms with Gasteiger partial charge < -0.3 is 5.11 Å². The third-order valence-corrected chi connectivity index (χ3v) is 3.40. The van der Waals surface area contributed by atoms with Crippen molar-refractivity contribution in [3.63, 3.8) is 0 Å². The van der Waals surface area contributed by atoms with Crippen molar-refractivity contribution in [3.8, 4) is 0 Å². The fourth-order valence-corrected chi connectivity index (χ4v) is 2.55. The molecule has 0 spiro atoms. The summed E-state index contributed by atoms with van der Waals surface area (Å²) in [7, 11) is 0. The van der Waals surface area contributed by atoms with E-state index in [-0.39, 0.29) is 0 Å². The largest absolute Gasteiger partial charge is 0.481 e. The Labute approximate surface area is 99.1 Å². The number of hydrogen-bond donors (Lipinski definition) is 1. The zero-order valence-corrected chi connectivity index (χ0v) is 9.39. The lowest BCUT2D eigenvalue weighted by Crippen LogP contribution is -2.19. The zero-order chi connectivity index (χ0) is 11.8. The van der Waals surface area contributed by atoms with Gasteiger partial charge in [0.25, 0.3) is 0 Å². The van der Waals surface area contributed by atoms with Crippen molar-refractivity contribution in [2.75, 3.05) is 0 Å². The van der Waals surface area contributed by atoms with E-state index in [2.05, 4.69) is 11.1 Å². The van der Waals surface area contributed by atoms with Crippen LogP contribution in [-0.4, -0.2) is 16.1 Å². The summed E-state index contributed by atoms with van der Waals surface area (Å²) in [5, 5.41) is 10.3. The van der Waals surface area contributed by atoms with Gasteiger partial charge in [0.1, 0.15) is 0 Å². The lowest BCUT2D eigenvalue weighted by molar-refractivity contribution is -0.139. The van der Waals surface area contributed by atoms with Gasteiger partial charge in [0.05, 0.1) is 17.1 Å². The molecule has 1 unspecified atom stereocenters. The molecular weight excluding hydrogens is 214 g/mol. The highest BCUT2D eigenvalue weighted by Crippen LogP contribution is 2.32. The number of rotatable bonds is 1. The predicted molar refractivity (Wildman–Crippen MR) is 65.1 cm³/mol. The second-order valence-corrected chi connectivity index (χ2v) is 4.51. The van der Waals surface area contributed by atoms with Gasteiger partial charge in [-0.25, -0.2) is 0 Å². The van der Waals surface area contributed by atoms with E-state index in [9.17, 15) is 9.90 Å². The lowest BCUT2D eigenvalue weighted by Gasteiger charge is -2.21. The Bertz CT molecular complexity index is 592. The number of carboxylic acid groups (broad SMARTS) is 1. The number of hydrogen-bond acceptors (Lipinski definition) is 2. The summed E-state index contributed by atoms with van der Waals surface area (Å²) < 4.78 is 0. The number of para-hydroxylation sites is 1. The SMILES string of the molecule is O=C(O)C1CCCc2cc3ccccc3nc21. The molecule has 2 aromatic rings. The molecule has 3 nitrogen and oxygen atoms in total. The summed E-state index contributed by atoms with van der Waals surface area (Å²) in [5.41, 5.74) is 2.75. The van der Waals surface area contributed by atoms with Crippen LogP contribution in [0.5, 0.6) is 0 Å². The molecule has 1 atom stereocenters. The van der Waals surface area contributed by atoms with Crippen LogP contribution in [0.4, 0.5) is 0 Å². The first kappa shape index (κ1) is 10.3. The quantitative estimate of drug-likeness (QED) is 0.814. The van der Waals surface area contributed by atoms with E-state index < -0.39 is 11.9 Å². The standard InChI is InChI=1S/C14H13NO2/c16-14(17)11-6-3-5-10-8-9-4-1-2-7-12(9)15-13(10)11/h1-2,4,7-8,11H,3,5-6H2,(H,16,17). The minimum atomic E-state index is -0.756. The molecular formula is C14H13NO2. The molecule has 86 valence electrons. The van der Waals surface area contributed by atoms with Crippen molar-refractivity contribution >= 4 is 16.9 Å². The average Bonchev–Trinajstić information content (AvgIpc) is 2.35. The summed E-state index contributed by atoms with van der Waals surface area (Å²) in [5.74, 6) is -1.18. The van der Waals surface area contributed by atoms with Crippen LogP contribution in [0.3, 0.4) is 0 Å². The predicted octanol–water partition coefficient (Wildman–Crippen LogP) is 2.74. The van der Waals surface area contributed by atoms with Crippen molar-refractivity contribution in [1.29, 1.82) is 0 Å². The molecule has 1 aromatic heterocycles. The molecule has 0 fully saturated rings. The number of aryl methyl sites for hydroxylation is 1. The molecule has 3 rings (SSSR count). The normalized spacial score (nSPS) is 18.9. The van der Waals surface area contributed by atoms with Crippen molar-refractivity contribution < 1.29 is 9.90 Å². The third-order valence-electron chi connectivity index (χ3n) is 3.40. The maximum Gasteiger partial charge on any atom is 0.312 e. The highest BCUT2D eigenvalue weighted by molar-refractivity contribution is 5.82. The van der Waals surface area contributed by atoms with E-state index in [1.165, 1.54) is 0 Å². The van der Waals surface area contributed by atoms with Gasteiger partial charge in [-0.15, -0.1) is 0 Å². The molecule has 1 heterocycles. The smallest absolute Gasteiger partial charge is 0.312 e. The molecule has 0 bridgehead atoms. The van der Waals surface area contributed by atoms with E-state index in [0.717, 1.165) is 35.0 Å². The monoisotopic (exact) mass is 227 g/mol. The molecule has 0 radical (unpaired) electrons. The van der Waals surface area contributed by atoms with Crippen LogP contribution in [0, 0.1) is 0 Å². The number of nitrogens with zero attached hydrogens (tertiary/aromatic N) is 1. The Hall–Kier alpha value is -1.90. The van der Waals surface area contributed by atoms with Crippen LogP contribution in [0.1, 0.15) is 30.0 Å². The highest BCUT2D eigenvalue weighted by atomic mass is 16.4. The number of carbonyl (C=O) groups is 1. The van der Waals surface area contributed by atoms with E-state index in [1.807, 2.05) is 24.3 Å². The van der Waals surface area contributed by atoms with Crippen LogP contribution in [0.25, 0.3) is 10.9 Å². The molecule has 3 heteroatoms. The Morgan fingerprint density at radius 2 is 2.18 bits per heavy atom. The third kappa shape index (κ3) is 1.68. The summed E-state index contributed by atoms with van der Waals surface area (Å²) >= 11 is 0. The maximum absolute atomic E-state index is 11.2. The Morgan fingerprint density at radius 3 is 3.00 bits per heavy atom. The Morgan fingerprint density at radius 1 is 1.35 bits per heavy atom. The van der Waals surface area contributed by atoms with E-state index in [0.29, 0.717) is 6.42 Å². The summed E-state index contributed by atoms with van der Waals surface area (Å²) in [6.45, 7) is 0. The van der Waals surface area contributed by atoms with Gasteiger partial charge in [-0.1, -0.05) is 18.2 Å². The summed E-state index contributed by atoms with van der Waals surface area (Å²) in [6.07, 6.45) is 2.58. The summed E-state index contributed by atoms with van der Waals surface area (Å²) in [4.78, 5) is 15.8. The van der Waals surface area contributed by atoms with Crippen LogP contribution in [-0.2, 0) is 11.2 Å². The van der Waals surface area contributed by atoms with Crippen LogP contribution in [0.15, 0.2) is 30.3 Å². The first-order valence-electron chi connectivity index (χ1n) is 5.87. The minimum Gasteiger partial charge on any atom is -0.481 e. The summed E-state index contributed by atoms with van der Waals surface area (Å²) in [6, 6.07) is 9.96. The van der Waals surface area contributed by atoms with Crippen molar-refractivity contribution in [1.82, 2.24) is 4.98 Å².